The first-order valence-corrected chi connectivity index (χ1v) is 6.40. The average Bonchev–Trinajstić information content (AvgIpc) is 2.68. The van der Waals surface area contributed by atoms with Gasteiger partial charge in [0.05, 0.1) is 17.0 Å². The zero-order valence-corrected chi connectivity index (χ0v) is 11.3. The van der Waals surface area contributed by atoms with E-state index in [1.807, 2.05) is 0 Å². The van der Waals surface area contributed by atoms with Crippen molar-refractivity contribution in [1.29, 1.82) is 0 Å². The van der Waals surface area contributed by atoms with E-state index in [4.69, 9.17) is 5.73 Å². The largest absolute Gasteiger partial charge is 0.446 e. The Morgan fingerprint density at radius 3 is 2.85 bits per heavy atom. The number of alkyl halides is 3. The summed E-state index contributed by atoms with van der Waals surface area (Å²) < 4.78 is 39.2. The van der Waals surface area contributed by atoms with Crippen LogP contribution in [-0.2, 0) is 0 Å². The third kappa shape index (κ3) is 3.18. The van der Waals surface area contributed by atoms with Gasteiger partial charge in [0.2, 0.25) is 0 Å². The molecule has 0 fully saturated rings. The van der Waals surface area contributed by atoms with Crippen LogP contribution in [0, 0.1) is 11.8 Å². The molecule has 2 heterocycles. The monoisotopic (exact) mass is 300 g/mol. The van der Waals surface area contributed by atoms with Crippen LogP contribution in [0.25, 0.3) is 5.52 Å². The van der Waals surface area contributed by atoms with Crippen LogP contribution >= 0.6 is 11.8 Å². The highest BCUT2D eigenvalue weighted by molar-refractivity contribution is 8.00. The molecule has 0 aliphatic rings. The summed E-state index contributed by atoms with van der Waals surface area (Å²) in [5, 5.41) is 6.83. The molecule has 0 spiro atoms. The zero-order chi connectivity index (χ0) is 14.8. The first-order chi connectivity index (χ1) is 9.42. The molecule has 0 unspecified atom stereocenters. The van der Waals surface area contributed by atoms with Crippen LogP contribution in [0.2, 0.25) is 0 Å². The minimum Gasteiger partial charge on any atom is -0.384 e. The summed E-state index contributed by atoms with van der Waals surface area (Å²) in [6.07, 6.45) is 0. The number of halogens is 3. The van der Waals surface area contributed by atoms with E-state index in [1.165, 1.54) is 10.6 Å². The van der Waals surface area contributed by atoms with Crippen molar-refractivity contribution in [3.05, 3.63) is 23.9 Å². The third-order valence-electron chi connectivity index (χ3n) is 2.33. The highest BCUT2D eigenvalue weighted by atomic mass is 32.2. The van der Waals surface area contributed by atoms with Gasteiger partial charge in [0.25, 0.3) is 0 Å². The fourth-order valence-corrected chi connectivity index (χ4v) is 2.26. The van der Waals surface area contributed by atoms with Crippen molar-refractivity contribution < 1.29 is 13.2 Å². The molecule has 0 atom stereocenters. The molecule has 0 amide bonds. The lowest BCUT2D eigenvalue weighted by atomic mass is 10.3. The first kappa shape index (κ1) is 14.6. The third-order valence-corrected chi connectivity index (χ3v) is 3.17. The fourth-order valence-electron chi connectivity index (χ4n) is 1.58. The van der Waals surface area contributed by atoms with Crippen molar-refractivity contribution in [2.24, 2.45) is 0 Å². The Bertz CT molecular complexity index is 682. The Labute approximate surface area is 117 Å². The summed E-state index contributed by atoms with van der Waals surface area (Å²) >= 11 is -0.232. The number of nitrogens with two attached hydrogens (primary N) is 1. The second kappa shape index (κ2) is 5.64. The van der Waals surface area contributed by atoms with Crippen molar-refractivity contribution in [3.8, 4) is 11.8 Å². The highest BCUT2D eigenvalue weighted by Gasteiger charge is 2.32. The Hall–Kier alpha value is -1.85. The van der Waals surface area contributed by atoms with Gasteiger partial charge in [-0.25, -0.2) is 4.52 Å². The molecule has 2 rings (SSSR count). The molecular formula is C12H11F3N4S. The second-order valence-electron chi connectivity index (χ2n) is 3.81. The SMILES string of the molecule is CNCC#Cc1nn2c(N)cccc2c1SC(F)(F)F. The van der Waals surface area contributed by atoms with Gasteiger partial charge in [-0.05, 0) is 36.9 Å². The Morgan fingerprint density at radius 1 is 1.45 bits per heavy atom. The summed E-state index contributed by atoms with van der Waals surface area (Å²) in [5.41, 5.74) is 1.66. The van der Waals surface area contributed by atoms with Crippen molar-refractivity contribution in [3.63, 3.8) is 0 Å². The van der Waals surface area contributed by atoms with Gasteiger partial charge in [-0.15, -0.1) is 0 Å². The molecule has 20 heavy (non-hydrogen) atoms. The lowest BCUT2D eigenvalue weighted by Gasteiger charge is -2.04. The Balaban J connectivity index is 2.58. The number of pyridine rings is 1. The maximum atomic E-state index is 12.6. The van der Waals surface area contributed by atoms with Gasteiger partial charge < -0.3 is 11.1 Å². The van der Waals surface area contributed by atoms with Crippen LogP contribution in [0.3, 0.4) is 0 Å². The van der Waals surface area contributed by atoms with E-state index >= 15 is 0 Å². The normalized spacial score (nSPS) is 11.4. The summed E-state index contributed by atoms with van der Waals surface area (Å²) in [5.74, 6) is 5.59. The first-order valence-electron chi connectivity index (χ1n) is 5.59. The van der Waals surface area contributed by atoms with Gasteiger partial charge >= 0.3 is 5.51 Å². The molecule has 2 aromatic heterocycles. The van der Waals surface area contributed by atoms with E-state index in [2.05, 4.69) is 22.3 Å². The van der Waals surface area contributed by atoms with E-state index in [9.17, 15) is 13.2 Å². The van der Waals surface area contributed by atoms with Crippen LogP contribution in [0.4, 0.5) is 19.0 Å². The lowest BCUT2D eigenvalue weighted by Crippen LogP contribution is -2.04. The molecule has 0 saturated carbocycles. The van der Waals surface area contributed by atoms with Gasteiger partial charge in [-0.1, -0.05) is 12.0 Å². The maximum Gasteiger partial charge on any atom is 0.446 e. The van der Waals surface area contributed by atoms with Gasteiger partial charge in [-0.3, -0.25) is 0 Å². The highest BCUT2D eigenvalue weighted by Crippen LogP contribution is 2.40. The number of nitrogens with one attached hydrogen (secondary N) is 1. The van der Waals surface area contributed by atoms with Gasteiger partial charge in [0.1, 0.15) is 11.5 Å². The van der Waals surface area contributed by atoms with Gasteiger partial charge in [0.15, 0.2) is 0 Å². The number of nitrogens with zero attached hydrogens (tertiary/aromatic N) is 2. The van der Waals surface area contributed by atoms with Crippen LogP contribution in [0.5, 0.6) is 0 Å². The van der Waals surface area contributed by atoms with Crippen LogP contribution < -0.4 is 11.1 Å². The van der Waals surface area contributed by atoms with E-state index in [0.29, 0.717) is 12.1 Å². The molecule has 2 aromatic rings. The summed E-state index contributed by atoms with van der Waals surface area (Å²) in [6, 6.07) is 4.67. The smallest absolute Gasteiger partial charge is 0.384 e. The Kier molecular flexibility index (Phi) is 4.11. The van der Waals surface area contributed by atoms with Crippen LogP contribution in [0.15, 0.2) is 23.1 Å². The lowest BCUT2D eigenvalue weighted by molar-refractivity contribution is -0.0327. The average molecular weight is 300 g/mol. The number of anilines is 1. The Morgan fingerprint density at radius 2 is 2.20 bits per heavy atom. The number of rotatable bonds is 2. The van der Waals surface area contributed by atoms with Gasteiger partial charge in [-0.2, -0.15) is 18.3 Å². The quantitative estimate of drug-likeness (QED) is 0.659. The molecular weight excluding hydrogens is 289 g/mol. The van der Waals surface area contributed by atoms with Gasteiger partial charge in [0, 0.05) is 0 Å². The number of hydrogen-bond acceptors (Lipinski definition) is 4. The van der Waals surface area contributed by atoms with Crippen molar-refractivity contribution in [2.75, 3.05) is 19.3 Å². The second-order valence-corrected chi connectivity index (χ2v) is 4.88. The molecule has 0 aliphatic carbocycles. The number of nitrogen functional groups attached to an aromatic ring is 1. The van der Waals surface area contributed by atoms with E-state index < -0.39 is 5.51 Å². The molecule has 3 N–H and O–H groups in total. The number of fused-ring (bicyclic) bond motifs is 1. The van der Waals surface area contributed by atoms with Crippen LogP contribution in [0.1, 0.15) is 5.69 Å². The standard InChI is InChI=1S/C12H11F3N4S/c1-17-7-3-4-8-11(20-12(13,14)15)9-5-2-6-10(16)19(9)18-8/h2,5-6,17H,7,16H2,1H3. The molecule has 4 nitrogen and oxygen atoms in total. The van der Waals surface area contributed by atoms with Crippen molar-refractivity contribution >= 4 is 23.1 Å². The van der Waals surface area contributed by atoms with E-state index in [0.717, 1.165) is 0 Å². The van der Waals surface area contributed by atoms with E-state index in [-0.39, 0.29) is 28.2 Å². The van der Waals surface area contributed by atoms with Crippen molar-refractivity contribution in [1.82, 2.24) is 14.9 Å². The summed E-state index contributed by atoms with van der Waals surface area (Å²) in [7, 11) is 1.70. The minimum absolute atomic E-state index is 0.0339. The molecule has 0 aromatic carbocycles. The number of aromatic nitrogens is 2. The summed E-state index contributed by atoms with van der Waals surface area (Å²) in [4.78, 5) is -0.0339. The van der Waals surface area contributed by atoms with Crippen LogP contribution in [-0.4, -0.2) is 28.7 Å². The fraction of sp³-hybridized carbons (Fsp3) is 0.250. The molecule has 0 radical (unpaired) electrons. The predicted octanol–water partition coefficient (Wildman–Crippen LogP) is 2.10. The summed E-state index contributed by atoms with van der Waals surface area (Å²) in [6.45, 7) is 0.361. The topological polar surface area (TPSA) is 55.4 Å². The molecule has 8 heteroatoms. The molecule has 0 bridgehead atoms. The number of thioether (sulfide) groups is 1. The minimum atomic E-state index is -4.41. The maximum absolute atomic E-state index is 12.6. The number of hydrogen-bond donors (Lipinski definition) is 2. The molecule has 0 aliphatic heterocycles. The molecule has 106 valence electrons. The van der Waals surface area contributed by atoms with Crippen molar-refractivity contribution in [2.45, 2.75) is 10.4 Å². The predicted molar refractivity (Wildman–Crippen MR) is 72.3 cm³/mol. The van der Waals surface area contributed by atoms with E-state index in [1.54, 1.807) is 19.2 Å². The molecule has 0 saturated heterocycles. The zero-order valence-electron chi connectivity index (χ0n) is 10.5.